The van der Waals surface area contributed by atoms with Crippen LogP contribution in [0.2, 0.25) is 5.02 Å². The van der Waals surface area contributed by atoms with Crippen LogP contribution in [0.15, 0.2) is 47.4 Å². The molecule has 0 saturated heterocycles. The minimum absolute atomic E-state index is 0.104. The number of carbonyl (C=O) groups excluding carboxylic acids is 1. The lowest BCUT2D eigenvalue weighted by molar-refractivity contribution is 0.102. The van der Waals surface area contributed by atoms with Crippen molar-refractivity contribution in [1.82, 2.24) is 15.3 Å². The molecule has 0 atom stereocenters. The Bertz CT molecular complexity index is 967. The number of hydrogen-bond donors (Lipinski definition) is 3. The van der Waals surface area contributed by atoms with E-state index in [0.29, 0.717) is 35.3 Å². The monoisotopic (exact) mass is 435 g/mol. The average molecular weight is 436 g/mol. The number of thiazole rings is 1. The number of thiocarbonyl (C=S) groups is 1. The van der Waals surface area contributed by atoms with E-state index in [-0.39, 0.29) is 10.9 Å². The molecule has 1 amide bonds. The summed E-state index contributed by atoms with van der Waals surface area (Å²) in [6.07, 6.45) is 2.15. The number of halogens is 2. The number of anilines is 2. The number of benzene rings is 1. The Hall–Kier alpha value is -2.62. The number of aromatic nitrogens is 2. The lowest BCUT2D eigenvalue weighted by Gasteiger charge is -2.11. The highest BCUT2D eigenvalue weighted by molar-refractivity contribution is 7.80. The van der Waals surface area contributed by atoms with E-state index in [1.807, 2.05) is 0 Å². The van der Waals surface area contributed by atoms with Crippen molar-refractivity contribution in [3.05, 3.63) is 69.5 Å². The molecule has 2 heterocycles. The largest absolute Gasteiger partial charge is 0.362 e. The van der Waals surface area contributed by atoms with Crippen molar-refractivity contribution >= 4 is 57.7 Å². The fourth-order valence-electron chi connectivity index (χ4n) is 2.24. The number of rotatable bonds is 6. The molecule has 3 rings (SSSR count). The minimum atomic E-state index is -0.437. The summed E-state index contributed by atoms with van der Waals surface area (Å²) in [4.78, 5) is 20.0. The summed E-state index contributed by atoms with van der Waals surface area (Å²) in [6.45, 7) is 0.530. The van der Waals surface area contributed by atoms with Crippen LogP contribution in [0.1, 0.15) is 16.1 Å². The zero-order valence-electron chi connectivity index (χ0n) is 14.4. The molecule has 1 aromatic carbocycles. The third-order valence-corrected chi connectivity index (χ3v) is 4.75. The zero-order valence-corrected chi connectivity index (χ0v) is 16.8. The summed E-state index contributed by atoms with van der Waals surface area (Å²) in [5, 5.41) is 10.9. The third kappa shape index (κ3) is 5.69. The standard InChI is InChI=1S/C18H15ClFN5OS2/c19-13-3-1-11(7-14(13)20)5-6-21-18(27)24-12-2-4-16(22-8-12)25-17(26)15-9-28-10-23-15/h1-4,7-10H,5-6H2,(H2,21,24,27)(H,22,25,26). The van der Waals surface area contributed by atoms with Crippen molar-refractivity contribution in [2.75, 3.05) is 17.2 Å². The van der Waals surface area contributed by atoms with Crippen LogP contribution in [0.25, 0.3) is 0 Å². The molecule has 0 aliphatic carbocycles. The maximum Gasteiger partial charge on any atom is 0.276 e. The Balaban J connectivity index is 1.45. The van der Waals surface area contributed by atoms with Crippen LogP contribution in [-0.4, -0.2) is 27.5 Å². The Kier molecular flexibility index (Phi) is 6.85. The Morgan fingerprint density at radius 3 is 2.75 bits per heavy atom. The van der Waals surface area contributed by atoms with Gasteiger partial charge >= 0.3 is 0 Å². The minimum Gasteiger partial charge on any atom is -0.362 e. The molecule has 144 valence electrons. The topological polar surface area (TPSA) is 78.9 Å². The SMILES string of the molecule is O=C(Nc1ccc(NC(=S)NCCc2ccc(Cl)c(F)c2)cn1)c1cscn1. The van der Waals surface area contributed by atoms with Gasteiger partial charge in [-0.15, -0.1) is 11.3 Å². The van der Waals surface area contributed by atoms with Gasteiger partial charge in [-0.1, -0.05) is 17.7 Å². The van der Waals surface area contributed by atoms with Crippen LogP contribution < -0.4 is 16.0 Å². The Labute approximate surface area is 175 Å². The van der Waals surface area contributed by atoms with Crippen molar-refractivity contribution < 1.29 is 9.18 Å². The van der Waals surface area contributed by atoms with Crippen LogP contribution in [0, 0.1) is 5.82 Å². The highest BCUT2D eigenvalue weighted by Crippen LogP contribution is 2.16. The smallest absolute Gasteiger partial charge is 0.276 e. The first-order valence-corrected chi connectivity index (χ1v) is 9.88. The summed E-state index contributed by atoms with van der Waals surface area (Å²) in [7, 11) is 0. The predicted octanol–water partition coefficient (Wildman–Crippen LogP) is 4.11. The average Bonchev–Trinajstić information content (AvgIpc) is 3.21. The van der Waals surface area contributed by atoms with Gasteiger partial charge in [0, 0.05) is 11.9 Å². The fourth-order valence-corrected chi connectivity index (χ4v) is 3.11. The summed E-state index contributed by atoms with van der Waals surface area (Å²) >= 11 is 12.2. The predicted molar refractivity (Wildman–Crippen MR) is 114 cm³/mol. The first-order chi connectivity index (χ1) is 13.5. The van der Waals surface area contributed by atoms with Gasteiger partial charge in [-0.2, -0.15) is 0 Å². The van der Waals surface area contributed by atoms with Gasteiger partial charge in [-0.25, -0.2) is 14.4 Å². The molecule has 0 unspecified atom stereocenters. The molecular weight excluding hydrogens is 421 g/mol. The molecule has 2 aromatic heterocycles. The van der Waals surface area contributed by atoms with E-state index in [1.54, 1.807) is 35.3 Å². The quantitative estimate of drug-likeness (QED) is 0.506. The molecular formula is C18H15ClFN5OS2. The number of nitrogens with zero attached hydrogens (tertiary/aromatic N) is 2. The first kappa shape index (κ1) is 20.1. The van der Waals surface area contributed by atoms with Crippen molar-refractivity contribution in [1.29, 1.82) is 0 Å². The Morgan fingerprint density at radius 2 is 2.07 bits per heavy atom. The van der Waals surface area contributed by atoms with Gasteiger partial charge < -0.3 is 16.0 Å². The fraction of sp³-hybridized carbons (Fsp3) is 0.111. The van der Waals surface area contributed by atoms with E-state index < -0.39 is 5.82 Å². The van der Waals surface area contributed by atoms with Crippen LogP contribution in [0.5, 0.6) is 0 Å². The molecule has 0 saturated carbocycles. The number of nitrogens with one attached hydrogen (secondary N) is 3. The molecule has 3 aromatic rings. The van der Waals surface area contributed by atoms with E-state index in [9.17, 15) is 9.18 Å². The summed E-state index contributed by atoms with van der Waals surface area (Å²) in [5.41, 5.74) is 3.42. The Morgan fingerprint density at radius 1 is 1.21 bits per heavy atom. The van der Waals surface area contributed by atoms with Crippen molar-refractivity contribution in [3.8, 4) is 0 Å². The maximum atomic E-state index is 13.4. The molecule has 0 spiro atoms. The van der Waals surface area contributed by atoms with E-state index >= 15 is 0 Å². The summed E-state index contributed by atoms with van der Waals surface area (Å²) < 4.78 is 13.4. The van der Waals surface area contributed by atoms with E-state index in [0.717, 1.165) is 5.56 Å². The van der Waals surface area contributed by atoms with Crippen molar-refractivity contribution in [3.63, 3.8) is 0 Å². The van der Waals surface area contributed by atoms with Crippen molar-refractivity contribution in [2.24, 2.45) is 0 Å². The van der Waals surface area contributed by atoms with Gasteiger partial charge in [0.25, 0.3) is 5.91 Å². The van der Waals surface area contributed by atoms with E-state index in [4.69, 9.17) is 23.8 Å². The molecule has 0 aliphatic rings. The number of pyridine rings is 1. The van der Waals surface area contributed by atoms with Crippen LogP contribution in [0.4, 0.5) is 15.9 Å². The lowest BCUT2D eigenvalue weighted by Crippen LogP contribution is -2.30. The number of hydrogen-bond acceptors (Lipinski definition) is 5. The molecule has 0 aliphatic heterocycles. The normalized spacial score (nSPS) is 10.4. The second kappa shape index (κ2) is 9.54. The van der Waals surface area contributed by atoms with Gasteiger partial charge in [0.15, 0.2) is 5.11 Å². The molecule has 10 heteroatoms. The zero-order chi connectivity index (χ0) is 19.9. The molecule has 0 fully saturated rings. The molecule has 3 N–H and O–H groups in total. The second-order valence-electron chi connectivity index (χ2n) is 5.64. The number of carbonyl (C=O) groups is 1. The van der Waals surface area contributed by atoms with E-state index in [2.05, 4.69) is 25.9 Å². The summed E-state index contributed by atoms with van der Waals surface area (Å²) in [5.74, 6) is -0.342. The number of amides is 1. The first-order valence-electron chi connectivity index (χ1n) is 8.15. The van der Waals surface area contributed by atoms with Gasteiger partial charge in [0.2, 0.25) is 0 Å². The lowest BCUT2D eigenvalue weighted by atomic mass is 10.1. The third-order valence-electron chi connectivity index (χ3n) is 3.61. The molecule has 0 bridgehead atoms. The summed E-state index contributed by atoms with van der Waals surface area (Å²) in [6, 6.07) is 8.11. The highest BCUT2D eigenvalue weighted by Gasteiger charge is 2.08. The van der Waals surface area contributed by atoms with Crippen LogP contribution in [0.3, 0.4) is 0 Å². The maximum absolute atomic E-state index is 13.4. The molecule has 0 radical (unpaired) electrons. The van der Waals surface area contributed by atoms with Gasteiger partial charge in [0.05, 0.1) is 22.4 Å². The van der Waals surface area contributed by atoms with Crippen LogP contribution >= 0.6 is 35.2 Å². The van der Waals surface area contributed by atoms with Crippen molar-refractivity contribution in [2.45, 2.75) is 6.42 Å². The van der Waals surface area contributed by atoms with Gasteiger partial charge in [0.1, 0.15) is 17.3 Å². The highest BCUT2D eigenvalue weighted by atomic mass is 35.5. The van der Waals surface area contributed by atoms with E-state index in [1.165, 1.54) is 23.5 Å². The second-order valence-corrected chi connectivity index (χ2v) is 7.17. The van der Waals surface area contributed by atoms with Gasteiger partial charge in [-0.3, -0.25) is 4.79 Å². The van der Waals surface area contributed by atoms with Crippen LogP contribution in [-0.2, 0) is 6.42 Å². The molecule has 6 nitrogen and oxygen atoms in total. The van der Waals surface area contributed by atoms with Gasteiger partial charge in [-0.05, 0) is 48.5 Å². The molecule has 28 heavy (non-hydrogen) atoms.